The van der Waals surface area contributed by atoms with Crippen LogP contribution in [0.1, 0.15) is 12.8 Å². The van der Waals surface area contributed by atoms with Gasteiger partial charge >= 0.3 is 0 Å². The lowest BCUT2D eigenvalue weighted by molar-refractivity contribution is -0.117. The van der Waals surface area contributed by atoms with Crippen molar-refractivity contribution < 1.29 is 9.18 Å². The Morgan fingerprint density at radius 1 is 1.48 bits per heavy atom. The van der Waals surface area contributed by atoms with Crippen LogP contribution >= 0.6 is 12.4 Å². The fourth-order valence-electron chi connectivity index (χ4n) is 2.32. The number of halogens is 2. The Balaban J connectivity index is 0.00000161. The largest absolute Gasteiger partial charge is 0.325 e. The van der Waals surface area contributed by atoms with Crippen molar-refractivity contribution in [2.24, 2.45) is 0 Å². The number of carbonyl (C=O) groups is 1. The second kappa shape index (κ2) is 6.69. The van der Waals surface area contributed by atoms with Crippen LogP contribution < -0.4 is 10.6 Å². The van der Waals surface area contributed by atoms with Crippen molar-refractivity contribution in [1.29, 1.82) is 0 Å². The number of nitrogens with zero attached hydrogens (tertiary/aromatic N) is 2. The lowest BCUT2D eigenvalue weighted by atomic mass is 10.2. The fourth-order valence-corrected chi connectivity index (χ4v) is 2.32. The molecule has 0 bridgehead atoms. The van der Waals surface area contributed by atoms with E-state index in [0.717, 1.165) is 19.4 Å². The molecule has 7 heteroatoms. The van der Waals surface area contributed by atoms with E-state index in [-0.39, 0.29) is 24.4 Å². The van der Waals surface area contributed by atoms with Gasteiger partial charge in [0.05, 0.1) is 6.04 Å². The van der Waals surface area contributed by atoms with Gasteiger partial charge in [-0.3, -0.25) is 4.79 Å². The highest BCUT2D eigenvalue weighted by atomic mass is 35.5. The molecule has 2 heterocycles. The minimum Gasteiger partial charge on any atom is -0.325 e. The zero-order valence-corrected chi connectivity index (χ0v) is 12.1. The first-order chi connectivity index (χ1) is 9.74. The molecule has 112 valence electrons. The van der Waals surface area contributed by atoms with E-state index in [0.29, 0.717) is 11.4 Å². The van der Waals surface area contributed by atoms with Gasteiger partial charge in [-0.2, -0.15) is 5.10 Å². The van der Waals surface area contributed by atoms with Crippen molar-refractivity contribution in [3.8, 4) is 5.69 Å². The molecule has 1 aliphatic heterocycles. The molecule has 0 radical (unpaired) electrons. The molecule has 1 aromatic carbocycles. The summed E-state index contributed by atoms with van der Waals surface area (Å²) in [6.07, 6.45) is 5.06. The first-order valence-corrected chi connectivity index (χ1v) is 6.58. The Bertz CT molecular complexity index is 611. The predicted molar refractivity (Wildman–Crippen MR) is 80.4 cm³/mol. The molecular formula is C14H16ClFN4O. The highest BCUT2D eigenvalue weighted by Crippen LogP contribution is 2.18. The molecular weight excluding hydrogens is 295 g/mol. The van der Waals surface area contributed by atoms with Gasteiger partial charge in [-0.1, -0.05) is 0 Å². The molecule has 1 saturated heterocycles. The van der Waals surface area contributed by atoms with Crippen molar-refractivity contribution in [1.82, 2.24) is 15.1 Å². The van der Waals surface area contributed by atoms with E-state index in [4.69, 9.17) is 0 Å². The van der Waals surface area contributed by atoms with Gasteiger partial charge in [-0.25, -0.2) is 9.07 Å². The lowest BCUT2D eigenvalue weighted by Gasteiger charge is -2.12. The van der Waals surface area contributed by atoms with Crippen LogP contribution in [-0.2, 0) is 4.79 Å². The van der Waals surface area contributed by atoms with Crippen molar-refractivity contribution in [2.45, 2.75) is 18.9 Å². The van der Waals surface area contributed by atoms with Crippen LogP contribution in [0.4, 0.5) is 10.1 Å². The predicted octanol–water partition coefficient (Wildman–Crippen LogP) is 2.12. The molecule has 0 aliphatic carbocycles. The van der Waals surface area contributed by atoms with Gasteiger partial charge in [0.15, 0.2) is 5.82 Å². The van der Waals surface area contributed by atoms with Crippen molar-refractivity contribution in [3.05, 3.63) is 42.5 Å². The topological polar surface area (TPSA) is 59.0 Å². The maximum atomic E-state index is 14.0. The summed E-state index contributed by atoms with van der Waals surface area (Å²) in [6, 6.07) is 6.13. The van der Waals surface area contributed by atoms with E-state index in [1.807, 2.05) is 0 Å². The van der Waals surface area contributed by atoms with E-state index < -0.39 is 5.82 Å². The van der Waals surface area contributed by atoms with Gasteiger partial charge < -0.3 is 10.6 Å². The van der Waals surface area contributed by atoms with Crippen LogP contribution in [0.2, 0.25) is 0 Å². The van der Waals surface area contributed by atoms with E-state index in [1.54, 1.807) is 30.6 Å². The van der Waals surface area contributed by atoms with E-state index in [1.165, 1.54) is 10.7 Å². The number of rotatable bonds is 3. The molecule has 1 atom stereocenters. The molecule has 1 unspecified atom stereocenters. The second-order valence-electron chi connectivity index (χ2n) is 4.76. The van der Waals surface area contributed by atoms with E-state index >= 15 is 0 Å². The number of carbonyl (C=O) groups excluding carboxylic acids is 1. The Labute approximate surface area is 127 Å². The number of hydrogen-bond acceptors (Lipinski definition) is 3. The van der Waals surface area contributed by atoms with Gasteiger partial charge in [0.1, 0.15) is 5.69 Å². The summed E-state index contributed by atoms with van der Waals surface area (Å²) in [5.74, 6) is -0.542. The van der Waals surface area contributed by atoms with Gasteiger partial charge in [-0.05, 0) is 43.7 Å². The molecule has 0 spiro atoms. The molecule has 2 N–H and O–H groups in total. The highest BCUT2D eigenvalue weighted by Gasteiger charge is 2.22. The Morgan fingerprint density at radius 2 is 2.33 bits per heavy atom. The molecule has 1 aliphatic rings. The number of nitrogens with one attached hydrogen (secondary N) is 2. The summed E-state index contributed by atoms with van der Waals surface area (Å²) in [7, 11) is 0. The minimum atomic E-state index is -0.425. The Hall–Kier alpha value is -1.92. The van der Waals surface area contributed by atoms with E-state index in [2.05, 4.69) is 15.7 Å². The second-order valence-corrected chi connectivity index (χ2v) is 4.76. The molecule has 3 rings (SSSR count). The molecule has 0 saturated carbocycles. The third kappa shape index (κ3) is 3.40. The standard InChI is InChI=1S/C14H15FN4O.ClH/c15-11-9-10(18-14(20)12-3-1-6-16-12)4-5-13(11)19-8-2-7-17-19;/h2,4-5,7-9,12,16H,1,3,6H2,(H,18,20);1H. The molecule has 21 heavy (non-hydrogen) atoms. The summed E-state index contributed by atoms with van der Waals surface area (Å²) < 4.78 is 15.5. The quantitative estimate of drug-likeness (QED) is 0.913. The van der Waals surface area contributed by atoms with Crippen molar-refractivity contribution in [2.75, 3.05) is 11.9 Å². The van der Waals surface area contributed by atoms with Crippen LogP contribution in [0.5, 0.6) is 0 Å². The van der Waals surface area contributed by atoms with E-state index in [9.17, 15) is 9.18 Å². The number of anilines is 1. The smallest absolute Gasteiger partial charge is 0.241 e. The van der Waals surface area contributed by atoms with Gasteiger partial charge in [0, 0.05) is 18.1 Å². The molecule has 2 aromatic rings. The number of hydrogen-bond donors (Lipinski definition) is 2. The van der Waals surface area contributed by atoms with Crippen LogP contribution in [0, 0.1) is 5.82 Å². The average Bonchev–Trinajstić information content (AvgIpc) is 3.12. The van der Waals surface area contributed by atoms with Crippen LogP contribution in [0.15, 0.2) is 36.7 Å². The molecule has 1 aromatic heterocycles. The number of amides is 1. The Kier molecular flexibility index (Phi) is 4.93. The molecule has 5 nitrogen and oxygen atoms in total. The van der Waals surface area contributed by atoms with Gasteiger partial charge in [0.25, 0.3) is 0 Å². The zero-order valence-electron chi connectivity index (χ0n) is 11.3. The monoisotopic (exact) mass is 310 g/mol. The van der Waals surface area contributed by atoms with Crippen LogP contribution in [0.25, 0.3) is 5.69 Å². The average molecular weight is 311 g/mol. The first-order valence-electron chi connectivity index (χ1n) is 6.58. The highest BCUT2D eigenvalue weighted by molar-refractivity contribution is 5.95. The summed E-state index contributed by atoms with van der Waals surface area (Å²) in [6.45, 7) is 0.852. The van der Waals surface area contributed by atoms with Crippen LogP contribution in [0.3, 0.4) is 0 Å². The maximum absolute atomic E-state index is 14.0. The maximum Gasteiger partial charge on any atom is 0.241 e. The first kappa shape index (κ1) is 15.5. The third-order valence-electron chi connectivity index (χ3n) is 3.34. The van der Waals surface area contributed by atoms with Gasteiger partial charge in [-0.15, -0.1) is 12.4 Å². The number of aromatic nitrogens is 2. The van der Waals surface area contributed by atoms with Crippen molar-refractivity contribution >= 4 is 24.0 Å². The number of benzene rings is 1. The fraction of sp³-hybridized carbons (Fsp3) is 0.286. The molecule has 1 amide bonds. The summed E-state index contributed by atoms with van der Waals surface area (Å²) in [5, 5.41) is 9.81. The van der Waals surface area contributed by atoms with Crippen LogP contribution in [-0.4, -0.2) is 28.3 Å². The zero-order chi connectivity index (χ0) is 13.9. The summed E-state index contributed by atoms with van der Waals surface area (Å²) >= 11 is 0. The summed E-state index contributed by atoms with van der Waals surface area (Å²) in [5.41, 5.74) is 0.809. The molecule has 1 fully saturated rings. The third-order valence-corrected chi connectivity index (χ3v) is 3.34. The normalized spacial score (nSPS) is 17.3. The lowest BCUT2D eigenvalue weighted by Crippen LogP contribution is -2.35. The minimum absolute atomic E-state index is 0. The SMILES string of the molecule is Cl.O=C(Nc1ccc(-n2cccn2)c(F)c1)C1CCCN1. The van der Waals surface area contributed by atoms with Gasteiger partial charge in [0.2, 0.25) is 5.91 Å². The Morgan fingerprint density at radius 3 is 2.95 bits per heavy atom. The van der Waals surface area contributed by atoms with Crippen molar-refractivity contribution in [3.63, 3.8) is 0 Å². The summed E-state index contributed by atoms with van der Waals surface area (Å²) in [4.78, 5) is 11.9.